The van der Waals surface area contributed by atoms with Gasteiger partial charge in [0.1, 0.15) is 16.4 Å². The van der Waals surface area contributed by atoms with E-state index in [1.165, 1.54) is 28.0 Å². The molecule has 1 N–H and O–H groups in total. The van der Waals surface area contributed by atoms with Crippen LogP contribution in [0.5, 0.6) is 5.75 Å². The summed E-state index contributed by atoms with van der Waals surface area (Å²) in [4.78, 5) is 0.704. The number of thiocarbonyl (C=S) groups is 1. The molecule has 0 spiro atoms. The van der Waals surface area contributed by atoms with Crippen molar-refractivity contribution in [3.8, 4) is 28.1 Å². The zero-order valence-corrected chi connectivity index (χ0v) is 22.5. The van der Waals surface area contributed by atoms with Gasteiger partial charge in [0.2, 0.25) is 0 Å². The number of nitrogens with zero attached hydrogens (tertiary/aromatic N) is 2. The summed E-state index contributed by atoms with van der Waals surface area (Å²) in [5, 5.41) is 4.26. The molecule has 0 bridgehead atoms. The number of imidazole rings is 1. The highest BCUT2D eigenvalue weighted by atomic mass is 35.5. The second-order valence-electron chi connectivity index (χ2n) is 9.58. The standard InChI is InChI=1S/C31H28ClN3OS/c1-20-6-5-7-24(18-20)33-30(37)29-28(22-9-13-23(32)14-10-22)26-8-3-4-17-34-27(19-35(29)31(26)34)21-11-15-25(36-2)16-12-21/h5-7,9-16,18-19H,3-4,8,17H2,1-2H3,(H,33,37). The first-order chi connectivity index (χ1) is 18.0. The number of anilines is 1. The van der Waals surface area contributed by atoms with Crippen LogP contribution < -0.4 is 10.1 Å². The van der Waals surface area contributed by atoms with Crippen LogP contribution >= 0.6 is 23.8 Å². The zero-order chi connectivity index (χ0) is 25.5. The van der Waals surface area contributed by atoms with Gasteiger partial charge in [-0.3, -0.25) is 4.40 Å². The summed E-state index contributed by atoms with van der Waals surface area (Å²) in [6.45, 7) is 3.06. The molecule has 0 amide bonds. The Bertz CT molecular complexity index is 1610. The number of halogens is 1. The van der Waals surface area contributed by atoms with E-state index in [1.807, 2.05) is 24.3 Å². The summed E-state index contributed by atoms with van der Waals surface area (Å²) in [6.07, 6.45) is 5.50. The van der Waals surface area contributed by atoms with Crippen molar-refractivity contribution in [3.63, 3.8) is 0 Å². The number of methoxy groups -OCH3 is 1. The van der Waals surface area contributed by atoms with Crippen LogP contribution in [-0.2, 0) is 13.0 Å². The predicted molar refractivity (Wildman–Crippen MR) is 157 cm³/mol. The summed E-state index contributed by atoms with van der Waals surface area (Å²) in [6, 6.07) is 24.7. The number of benzene rings is 3. The minimum atomic E-state index is 0.704. The summed E-state index contributed by atoms with van der Waals surface area (Å²) < 4.78 is 10.2. The van der Waals surface area contributed by atoms with Crippen molar-refractivity contribution in [2.24, 2.45) is 0 Å². The van der Waals surface area contributed by atoms with E-state index in [2.05, 4.69) is 75.9 Å². The monoisotopic (exact) mass is 525 g/mol. The van der Waals surface area contributed by atoms with Crippen LogP contribution in [0.25, 0.3) is 28.0 Å². The molecule has 0 saturated heterocycles. The Morgan fingerprint density at radius 3 is 2.46 bits per heavy atom. The van der Waals surface area contributed by atoms with E-state index in [0.717, 1.165) is 59.1 Å². The van der Waals surface area contributed by atoms with Gasteiger partial charge in [-0.05, 0) is 91.4 Å². The van der Waals surface area contributed by atoms with E-state index in [0.29, 0.717) is 4.99 Å². The Morgan fingerprint density at radius 1 is 0.973 bits per heavy atom. The molecule has 37 heavy (non-hydrogen) atoms. The SMILES string of the molecule is COc1ccc(-c2cn3c(C(=S)Nc4cccc(C)c4)c(-c4ccc(Cl)cc4)c4c3n2CCCC4)cc1. The van der Waals surface area contributed by atoms with Crippen molar-refractivity contribution >= 4 is 40.1 Å². The smallest absolute Gasteiger partial charge is 0.128 e. The quantitative estimate of drug-likeness (QED) is 0.235. The van der Waals surface area contributed by atoms with Crippen molar-refractivity contribution in [3.05, 3.63) is 101 Å². The van der Waals surface area contributed by atoms with Crippen molar-refractivity contribution in [1.82, 2.24) is 8.97 Å². The highest BCUT2D eigenvalue weighted by Crippen LogP contribution is 2.40. The average Bonchev–Trinajstić information content (AvgIpc) is 3.32. The maximum Gasteiger partial charge on any atom is 0.128 e. The molecule has 0 unspecified atom stereocenters. The molecule has 5 aromatic rings. The lowest BCUT2D eigenvalue weighted by molar-refractivity contribution is 0.415. The summed E-state index contributed by atoms with van der Waals surface area (Å²) in [5.74, 6) is 0.854. The lowest BCUT2D eigenvalue weighted by Crippen LogP contribution is -2.14. The van der Waals surface area contributed by atoms with E-state index in [9.17, 15) is 0 Å². The van der Waals surface area contributed by atoms with Crippen LogP contribution in [0.15, 0.2) is 79.0 Å². The summed E-state index contributed by atoms with van der Waals surface area (Å²) >= 11 is 12.4. The third-order valence-electron chi connectivity index (χ3n) is 7.14. The third kappa shape index (κ3) is 4.32. The molecular weight excluding hydrogens is 498 g/mol. The van der Waals surface area contributed by atoms with Gasteiger partial charge in [0.25, 0.3) is 0 Å². The van der Waals surface area contributed by atoms with E-state index in [-0.39, 0.29) is 0 Å². The molecule has 0 atom stereocenters. The maximum absolute atomic E-state index is 6.27. The van der Waals surface area contributed by atoms with Crippen LogP contribution in [0, 0.1) is 6.92 Å². The number of nitrogens with one attached hydrogen (secondary N) is 1. The molecule has 1 aliphatic rings. The Balaban J connectivity index is 1.59. The molecule has 186 valence electrons. The normalized spacial score (nSPS) is 12.9. The van der Waals surface area contributed by atoms with E-state index >= 15 is 0 Å². The topological polar surface area (TPSA) is 30.6 Å². The molecule has 2 aromatic heterocycles. The first-order valence-electron chi connectivity index (χ1n) is 12.6. The van der Waals surface area contributed by atoms with Gasteiger partial charge in [-0.2, -0.15) is 0 Å². The van der Waals surface area contributed by atoms with Crippen LogP contribution in [-0.4, -0.2) is 21.1 Å². The number of rotatable bonds is 5. The molecule has 1 aliphatic heterocycles. The Morgan fingerprint density at radius 2 is 1.73 bits per heavy atom. The number of hydrogen-bond acceptors (Lipinski definition) is 2. The summed E-state index contributed by atoms with van der Waals surface area (Å²) in [5.41, 5.74) is 10.4. The zero-order valence-electron chi connectivity index (χ0n) is 20.9. The fourth-order valence-corrected chi connectivity index (χ4v) is 5.89. The fraction of sp³-hybridized carbons (Fsp3) is 0.194. The highest BCUT2D eigenvalue weighted by Gasteiger charge is 2.28. The van der Waals surface area contributed by atoms with Gasteiger partial charge in [0.05, 0.1) is 18.5 Å². The van der Waals surface area contributed by atoms with Gasteiger partial charge >= 0.3 is 0 Å². The Hall–Kier alpha value is -3.54. The largest absolute Gasteiger partial charge is 0.497 e. The van der Waals surface area contributed by atoms with Gasteiger partial charge in [0, 0.05) is 34.6 Å². The van der Waals surface area contributed by atoms with Crippen molar-refractivity contribution in [2.45, 2.75) is 32.7 Å². The minimum Gasteiger partial charge on any atom is -0.497 e. The van der Waals surface area contributed by atoms with Gasteiger partial charge in [0.15, 0.2) is 0 Å². The minimum absolute atomic E-state index is 0.704. The van der Waals surface area contributed by atoms with Crippen molar-refractivity contribution in [2.75, 3.05) is 12.4 Å². The second kappa shape index (κ2) is 9.73. The number of aryl methyl sites for hydroxylation is 3. The first kappa shape index (κ1) is 23.8. The molecule has 6 heteroatoms. The van der Waals surface area contributed by atoms with Crippen molar-refractivity contribution < 1.29 is 4.74 Å². The lowest BCUT2D eigenvalue weighted by Gasteiger charge is -2.13. The van der Waals surface area contributed by atoms with Crippen LogP contribution in [0.2, 0.25) is 5.02 Å². The van der Waals surface area contributed by atoms with E-state index < -0.39 is 0 Å². The number of hydrogen-bond donors (Lipinski definition) is 1. The van der Waals surface area contributed by atoms with E-state index in [1.54, 1.807) is 7.11 Å². The van der Waals surface area contributed by atoms with Gasteiger partial charge in [-0.15, -0.1) is 0 Å². The lowest BCUT2D eigenvalue weighted by atomic mass is 9.98. The van der Waals surface area contributed by atoms with E-state index in [4.69, 9.17) is 28.6 Å². The molecule has 6 rings (SSSR count). The van der Waals surface area contributed by atoms with Crippen LogP contribution in [0.1, 0.15) is 29.7 Å². The average molecular weight is 526 g/mol. The predicted octanol–water partition coefficient (Wildman–Crippen LogP) is 8.17. The Labute approximate surface area is 227 Å². The molecular formula is C31H28ClN3OS. The first-order valence-corrected chi connectivity index (χ1v) is 13.4. The molecule has 0 saturated carbocycles. The van der Waals surface area contributed by atoms with Gasteiger partial charge < -0.3 is 14.6 Å². The fourth-order valence-electron chi connectivity index (χ4n) is 5.44. The number of ether oxygens (including phenoxy) is 1. The summed E-state index contributed by atoms with van der Waals surface area (Å²) in [7, 11) is 1.70. The third-order valence-corrected chi connectivity index (χ3v) is 7.69. The van der Waals surface area contributed by atoms with Crippen LogP contribution in [0.4, 0.5) is 5.69 Å². The van der Waals surface area contributed by atoms with Crippen LogP contribution in [0.3, 0.4) is 0 Å². The highest BCUT2D eigenvalue weighted by molar-refractivity contribution is 7.81. The molecule has 4 nitrogen and oxygen atoms in total. The molecule has 0 aliphatic carbocycles. The molecule has 0 fully saturated rings. The molecule has 3 heterocycles. The Kier molecular flexibility index (Phi) is 6.27. The molecule has 0 radical (unpaired) electrons. The molecule has 3 aromatic carbocycles. The van der Waals surface area contributed by atoms with Crippen molar-refractivity contribution in [1.29, 1.82) is 0 Å². The second-order valence-corrected chi connectivity index (χ2v) is 10.4. The van der Waals surface area contributed by atoms with Gasteiger partial charge in [-0.25, -0.2) is 0 Å². The maximum atomic E-state index is 6.27. The van der Waals surface area contributed by atoms with Gasteiger partial charge in [-0.1, -0.05) is 48.1 Å². The number of aromatic nitrogens is 2.